The zero-order chi connectivity index (χ0) is 20.1. The molecular formula is C22H20ClN5O. The largest absolute Gasteiger partial charge is 0.337 e. The number of nitrogens with zero attached hydrogens (tertiary/aromatic N) is 3. The molecule has 0 saturated heterocycles. The molecule has 0 saturated carbocycles. The number of hydrogen-bond acceptors (Lipinski definition) is 4. The van der Waals surface area contributed by atoms with Gasteiger partial charge in [0.2, 0.25) is 5.95 Å². The van der Waals surface area contributed by atoms with Gasteiger partial charge in [-0.05, 0) is 49.1 Å². The van der Waals surface area contributed by atoms with Crippen LogP contribution >= 0.6 is 11.6 Å². The van der Waals surface area contributed by atoms with Gasteiger partial charge in [0.1, 0.15) is 0 Å². The van der Waals surface area contributed by atoms with E-state index in [0.29, 0.717) is 28.8 Å². The van der Waals surface area contributed by atoms with Crippen LogP contribution in [-0.2, 0) is 6.42 Å². The van der Waals surface area contributed by atoms with Gasteiger partial charge in [-0.2, -0.15) is 0 Å². The summed E-state index contributed by atoms with van der Waals surface area (Å²) in [7, 11) is 0. The fourth-order valence-corrected chi connectivity index (χ4v) is 4.19. The Bertz CT molecular complexity index is 1220. The van der Waals surface area contributed by atoms with Crippen LogP contribution in [0.5, 0.6) is 0 Å². The van der Waals surface area contributed by atoms with Crippen LogP contribution in [0.1, 0.15) is 35.0 Å². The lowest BCUT2D eigenvalue weighted by Crippen LogP contribution is -2.20. The van der Waals surface area contributed by atoms with Crippen LogP contribution in [-0.4, -0.2) is 25.5 Å². The molecule has 4 aromatic rings. The van der Waals surface area contributed by atoms with Gasteiger partial charge in [0.15, 0.2) is 11.6 Å². The molecule has 0 bridgehead atoms. The highest BCUT2D eigenvalue weighted by atomic mass is 35.5. The average molecular weight is 406 g/mol. The molecule has 2 aromatic heterocycles. The first-order valence-electron chi connectivity index (χ1n) is 9.63. The molecule has 2 aromatic carbocycles. The Morgan fingerprint density at radius 3 is 2.83 bits per heavy atom. The maximum atomic E-state index is 12.9. The molecule has 1 aliphatic carbocycles. The lowest BCUT2D eigenvalue weighted by Gasteiger charge is -2.18. The number of aromatic nitrogens is 4. The van der Waals surface area contributed by atoms with Gasteiger partial charge in [-0.1, -0.05) is 36.7 Å². The number of anilines is 2. The van der Waals surface area contributed by atoms with Gasteiger partial charge in [-0.15, -0.1) is 5.10 Å². The van der Waals surface area contributed by atoms with Gasteiger partial charge in [-0.25, -0.2) is 9.67 Å². The van der Waals surface area contributed by atoms with Crippen molar-refractivity contribution in [2.45, 2.75) is 26.7 Å². The third-order valence-corrected chi connectivity index (χ3v) is 5.60. The Balaban J connectivity index is 1.66. The number of H-pyrrole nitrogens is 1. The van der Waals surface area contributed by atoms with Crippen LogP contribution < -0.4 is 5.32 Å². The zero-order valence-electron chi connectivity index (χ0n) is 16.2. The van der Waals surface area contributed by atoms with E-state index in [4.69, 9.17) is 16.7 Å². The third-order valence-electron chi connectivity index (χ3n) is 5.29. The highest BCUT2D eigenvalue weighted by molar-refractivity contribution is 6.33. The van der Waals surface area contributed by atoms with Crippen molar-refractivity contribution in [2.75, 3.05) is 5.32 Å². The lowest BCUT2D eigenvalue weighted by atomic mass is 9.88. The zero-order valence-corrected chi connectivity index (χ0v) is 16.9. The van der Waals surface area contributed by atoms with Crippen molar-refractivity contribution in [3.05, 3.63) is 64.3 Å². The molecule has 0 aliphatic heterocycles. The number of Topliss-reactive ketones (excluding diaryl/α,β-unsaturated/α-hetero) is 1. The van der Waals surface area contributed by atoms with Crippen molar-refractivity contribution < 1.29 is 4.79 Å². The highest BCUT2D eigenvalue weighted by Crippen LogP contribution is 2.35. The predicted octanol–water partition coefficient (Wildman–Crippen LogP) is 5.22. The summed E-state index contributed by atoms with van der Waals surface area (Å²) in [6.45, 7) is 4.07. The van der Waals surface area contributed by atoms with Crippen LogP contribution in [0.2, 0.25) is 5.02 Å². The minimum Gasteiger partial charge on any atom is -0.337 e. The Labute approximate surface area is 172 Å². The number of carbonyl (C=O) groups is 1. The summed E-state index contributed by atoms with van der Waals surface area (Å²) in [4.78, 5) is 20.9. The monoisotopic (exact) mass is 405 g/mol. The second-order valence-electron chi connectivity index (χ2n) is 7.70. The van der Waals surface area contributed by atoms with E-state index >= 15 is 0 Å². The number of benzene rings is 2. The van der Waals surface area contributed by atoms with Crippen LogP contribution in [0.4, 0.5) is 11.5 Å². The number of rotatable bonds is 3. The molecule has 0 spiro atoms. The summed E-state index contributed by atoms with van der Waals surface area (Å²) in [5.74, 6) is 1.47. The van der Waals surface area contributed by atoms with Gasteiger partial charge < -0.3 is 10.3 Å². The maximum absolute atomic E-state index is 12.9. The number of ketones is 1. The Hall–Kier alpha value is -3.12. The van der Waals surface area contributed by atoms with E-state index in [0.717, 1.165) is 34.4 Å². The van der Waals surface area contributed by atoms with Gasteiger partial charge in [-0.3, -0.25) is 4.79 Å². The summed E-state index contributed by atoms with van der Waals surface area (Å²) < 4.78 is 1.76. The topological polar surface area (TPSA) is 75.6 Å². The quantitative estimate of drug-likeness (QED) is 0.490. The summed E-state index contributed by atoms with van der Waals surface area (Å²) in [6, 6.07) is 13.6. The predicted molar refractivity (Wildman–Crippen MR) is 115 cm³/mol. The molecular weight excluding hydrogens is 386 g/mol. The van der Waals surface area contributed by atoms with Crippen molar-refractivity contribution in [3.8, 4) is 5.95 Å². The van der Waals surface area contributed by atoms with Gasteiger partial charge in [0.25, 0.3) is 0 Å². The van der Waals surface area contributed by atoms with E-state index in [-0.39, 0.29) is 11.7 Å². The standard InChI is InChI=1S/C22H20ClN5O/c1-12-7-8-15(14(23)9-12)24-21-20-18(10-13(2)11-19(20)29)28(27-21)22-25-16-5-3-4-6-17(16)26-22/h3-9,13H,10-11H2,1-2H3,(H,24,27)(H,25,26). The number of carbonyl (C=O) groups excluding carboxylic acids is 1. The first-order valence-corrected chi connectivity index (χ1v) is 10.0. The molecule has 1 unspecified atom stereocenters. The van der Waals surface area contributed by atoms with E-state index in [1.54, 1.807) is 4.68 Å². The van der Waals surface area contributed by atoms with Gasteiger partial charge in [0, 0.05) is 6.42 Å². The highest BCUT2D eigenvalue weighted by Gasteiger charge is 2.32. The molecule has 7 heteroatoms. The molecule has 29 heavy (non-hydrogen) atoms. The maximum Gasteiger partial charge on any atom is 0.229 e. The minimum atomic E-state index is 0.0897. The van der Waals surface area contributed by atoms with Crippen LogP contribution in [0.3, 0.4) is 0 Å². The first kappa shape index (κ1) is 17.9. The summed E-state index contributed by atoms with van der Waals surface area (Å²) >= 11 is 6.40. The van der Waals surface area contributed by atoms with E-state index < -0.39 is 0 Å². The molecule has 1 atom stereocenters. The normalized spacial score (nSPS) is 16.2. The summed E-state index contributed by atoms with van der Waals surface area (Å²) in [5.41, 5.74) is 5.08. The van der Waals surface area contributed by atoms with Crippen molar-refractivity contribution in [1.82, 2.24) is 19.7 Å². The van der Waals surface area contributed by atoms with Gasteiger partial charge in [0.05, 0.1) is 33.0 Å². The first-order chi connectivity index (χ1) is 14.0. The number of hydrogen-bond donors (Lipinski definition) is 2. The number of nitrogens with one attached hydrogen (secondary N) is 2. The fourth-order valence-electron chi connectivity index (χ4n) is 3.91. The third kappa shape index (κ3) is 3.09. The number of aromatic amines is 1. The molecule has 1 aliphatic rings. The van der Waals surface area contributed by atoms with E-state index in [9.17, 15) is 4.79 Å². The number of fused-ring (bicyclic) bond motifs is 2. The van der Waals surface area contributed by atoms with Crippen LogP contribution in [0, 0.1) is 12.8 Å². The Kier molecular flexibility index (Phi) is 4.17. The Morgan fingerprint density at radius 2 is 2.03 bits per heavy atom. The molecule has 0 fully saturated rings. The molecule has 0 radical (unpaired) electrons. The van der Waals surface area contributed by atoms with Crippen molar-refractivity contribution in [1.29, 1.82) is 0 Å². The minimum absolute atomic E-state index is 0.0897. The van der Waals surface area contributed by atoms with Crippen molar-refractivity contribution >= 4 is 39.9 Å². The van der Waals surface area contributed by atoms with E-state index in [1.807, 2.05) is 49.4 Å². The number of para-hydroxylation sites is 2. The van der Waals surface area contributed by atoms with Crippen molar-refractivity contribution in [2.24, 2.45) is 5.92 Å². The van der Waals surface area contributed by atoms with Gasteiger partial charge >= 0.3 is 0 Å². The average Bonchev–Trinajstić information content (AvgIpc) is 3.25. The molecule has 2 N–H and O–H groups in total. The van der Waals surface area contributed by atoms with Crippen molar-refractivity contribution in [3.63, 3.8) is 0 Å². The molecule has 5 rings (SSSR count). The lowest BCUT2D eigenvalue weighted by molar-refractivity contribution is 0.0953. The fraction of sp³-hybridized carbons (Fsp3) is 0.227. The Morgan fingerprint density at radius 1 is 1.21 bits per heavy atom. The number of imidazole rings is 1. The molecule has 0 amide bonds. The van der Waals surface area contributed by atoms with Crippen LogP contribution in [0.25, 0.3) is 17.0 Å². The number of halogens is 1. The second-order valence-corrected chi connectivity index (χ2v) is 8.11. The summed E-state index contributed by atoms with van der Waals surface area (Å²) in [5, 5.41) is 8.60. The van der Waals surface area contributed by atoms with E-state index in [2.05, 4.69) is 22.2 Å². The van der Waals surface area contributed by atoms with Crippen LogP contribution in [0.15, 0.2) is 42.5 Å². The molecule has 2 heterocycles. The molecule has 146 valence electrons. The molecule has 6 nitrogen and oxygen atoms in total. The summed E-state index contributed by atoms with van der Waals surface area (Å²) in [6.07, 6.45) is 1.27. The SMILES string of the molecule is Cc1ccc(Nc2nn(-c3nc4ccccc4[nH]3)c3c2C(=O)CC(C)C3)c(Cl)c1. The smallest absolute Gasteiger partial charge is 0.229 e. The van der Waals surface area contributed by atoms with E-state index in [1.165, 1.54) is 0 Å². The second kappa shape index (κ2) is 6.74. The number of aryl methyl sites for hydroxylation is 1.